The molecule has 0 aliphatic carbocycles. The van der Waals surface area contributed by atoms with Crippen LogP contribution >= 0.6 is 0 Å². The van der Waals surface area contributed by atoms with Crippen LogP contribution in [0, 0.1) is 6.92 Å². The van der Waals surface area contributed by atoms with Gasteiger partial charge in [-0.2, -0.15) is 0 Å². The molecule has 8 nitrogen and oxygen atoms in total. The number of aromatic nitrogens is 3. The van der Waals surface area contributed by atoms with E-state index in [4.69, 9.17) is 4.74 Å². The van der Waals surface area contributed by atoms with E-state index >= 15 is 0 Å². The number of amides is 2. The number of fused-ring (bicyclic) bond motifs is 1. The van der Waals surface area contributed by atoms with Crippen LogP contribution in [-0.4, -0.2) is 47.1 Å². The van der Waals surface area contributed by atoms with E-state index in [1.54, 1.807) is 11.8 Å². The number of nitrogens with zero attached hydrogens (tertiary/aromatic N) is 4. The summed E-state index contributed by atoms with van der Waals surface area (Å²) in [7, 11) is 1.57. The van der Waals surface area contributed by atoms with Crippen molar-refractivity contribution < 1.29 is 14.3 Å². The van der Waals surface area contributed by atoms with Crippen molar-refractivity contribution in [1.82, 2.24) is 20.3 Å². The minimum absolute atomic E-state index is 0.0664. The predicted molar refractivity (Wildman–Crippen MR) is 130 cm³/mol. The average molecular weight is 458 g/mol. The van der Waals surface area contributed by atoms with Gasteiger partial charge in [0.15, 0.2) is 0 Å². The second-order valence-corrected chi connectivity index (χ2v) is 7.93. The minimum atomic E-state index is -0.872. The van der Waals surface area contributed by atoms with Gasteiger partial charge in [0, 0.05) is 19.3 Å². The van der Waals surface area contributed by atoms with Gasteiger partial charge in [-0.25, -0.2) is 4.68 Å². The van der Waals surface area contributed by atoms with Gasteiger partial charge in [0.1, 0.15) is 18.1 Å². The number of carbonyl (C=O) groups is 2. The first kappa shape index (κ1) is 23.1. The van der Waals surface area contributed by atoms with Gasteiger partial charge >= 0.3 is 0 Å². The smallest absolute Gasteiger partial charge is 0.249 e. The molecule has 2 amide bonds. The standard InChI is InChI=1S/C26H27N5O3/c1-19-12-14-21(15-13-19)31(24(32)18-30-23-11-7-6-10-22(23)28-29-30)25(20-8-4-3-5-9-20)26(33)27-16-17-34-2/h3-15,25H,16-18H2,1-2H3,(H,27,33)/t25-/m1/s1. The second-order valence-electron chi connectivity index (χ2n) is 7.93. The SMILES string of the molecule is COCCNC(=O)[C@@H](c1ccccc1)N(C(=O)Cn1nnc2ccccc21)c1ccc(C)cc1. The van der Waals surface area contributed by atoms with E-state index in [0.29, 0.717) is 29.9 Å². The van der Waals surface area contributed by atoms with Gasteiger partial charge in [0.2, 0.25) is 11.8 Å². The Kier molecular flexibility index (Phi) is 7.29. The van der Waals surface area contributed by atoms with E-state index in [1.165, 1.54) is 4.90 Å². The van der Waals surface area contributed by atoms with Crippen molar-refractivity contribution >= 4 is 28.5 Å². The Balaban J connectivity index is 1.75. The van der Waals surface area contributed by atoms with Crippen LogP contribution in [0.1, 0.15) is 17.2 Å². The van der Waals surface area contributed by atoms with Crippen LogP contribution in [0.3, 0.4) is 0 Å². The first-order valence-corrected chi connectivity index (χ1v) is 11.1. The zero-order chi connectivity index (χ0) is 23.9. The summed E-state index contributed by atoms with van der Waals surface area (Å²) in [4.78, 5) is 28.8. The number of hydrogen-bond donors (Lipinski definition) is 1. The molecule has 8 heteroatoms. The molecule has 4 aromatic rings. The highest BCUT2D eigenvalue weighted by Crippen LogP contribution is 2.29. The largest absolute Gasteiger partial charge is 0.383 e. The summed E-state index contributed by atoms with van der Waals surface area (Å²) in [5.74, 6) is -0.573. The highest BCUT2D eigenvalue weighted by atomic mass is 16.5. The Morgan fingerprint density at radius 1 is 1.00 bits per heavy atom. The maximum absolute atomic E-state index is 13.8. The number of carbonyl (C=O) groups excluding carboxylic acids is 2. The summed E-state index contributed by atoms with van der Waals surface area (Å²) >= 11 is 0. The van der Waals surface area contributed by atoms with Crippen LogP contribution in [0.5, 0.6) is 0 Å². The Morgan fingerprint density at radius 2 is 1.71 bits per heavy atom. The number of para-hydroxylation sites is 1. The predicted octanol–water partition coefficient (Wildman–Crippen LogP) is 3.28. The van der Waals surface area contributed by atoms with E-state index < -0.39 is 6.04 Å². The molecule has 1 aromatic heterocycles. The zero-order valence-electron chi connectivity index (χ0n) is 19.2. The molecule has 174 valence electrons. The Hall–Kier alpha value is -4.04. The molecule has 0 unspecified atom stereocenters. The molecule has 0 saturated carbocycles. The van der Waals surface area contributed by atoms with E-state index in [0.717, 1.165) is 11.1 Å². The molecular weight excluding hydrogens is 430 g/mol. The molecule has 3 aromatic carbocycles. The van der Waals surface area contributed by atoms with E-state index in [-0.39, 0.29) is 18.4 Å². The molecule has 0 fully saturated rings. The average Bonchev–Trinajstić information content (AvgIpc) is 3.26. The topological polar surface area (TPSA) is 89.4 Å². The zero-order valence-corrected chi connectivity index (χ0v) is 19.2. The molecule has 1 atom stereocenters. The number of methoxy groups -OCH3 is 1. The highest BCUT2D eigenvalue weighted by Gasteiger charge is 2.33. The molecular formula is C26H27N5O3. The lowest BCUT2D eigenvalue weighted by Gasteiger charge is -2.31. The van der Waals surface area contributed by atoms with Crippen molar-refractivity contribution in [3.05, 3.63) is 90.0 Å². The Morgan fingerprint density at radius 3 is 2.44 bits per heavy atom. The molecule has 4 rings (SSSR count). The van der Waals surface area contributed by atoms with Crippen LogP contribution in [-0.2, 0) is 20.9 Å². The van der Waals surface area contributed by atoms with E-state index in [2.05, 4.69) is 15.6 Å². The van der Waals surface area contributed by atoms with Gasteiger partial charge in [-0.15, -0.1) is 5.10 Å². The number of nitrogens with one attached hydrogen (secondary N) is 1. The monoisotopic (exact) mass is 457 g/mol. The van der Waals surface area contributed by atoms with Crippen LogP contribution in [0.2, 0.25) is 0 Å². The minimum Gasteiger partial charge on any atom is -0.383 e. The van der Waals surface area contributed by atoms with Gasteiger partial charge < -0.3 is 10.1 Å². The summed E-state index contributed by atoms with van der Waals surface area (Å²) in [5, 5.41) is 11.2. The lowest BCUT2D eigenvalue weighted by Crippen LogP contribution is -2.46. The fourth-order valence-electron chi connectivity index (χ4n) is 3.81. The second kappa shape index (κ2) is 10.7. The maximum atomic E-state index is 13.8. The first-order valence-electron chi connectivity index (χ1n) is 11.1. The van der Waals surface area contributed by atoms with Crippen molar-refractivity contribution in [1.29, 1.82) is 0 Å². The molecule has 0 aliphatic heterocycles. The Labute approximate surface area is 198 Å². The van der Waals surface area contributed by atoms with Gasteiger partial charge in [0.25, 0.3) is 0 Å². The van der Waals surface area contributed by atoms with Crippen molar-refractivity contribution in [2.45, 2.75) is 19.5 Å². The molecule has 0 saturated heterocycles. The number of ether oxygens (including phenoxy) is 1. The first-order chi connectivity index (χ1) is 16.6. The molecule has 0 aliphatic rings. The Bertz CT molecular complexity index is 1250. The number of rotatable bonds is 9. The summed E-state index contributed by atoms with van der Waals surface area (Å²) in [5.41, 5.74) is 3.83. The van der Waals surface area contributed by atoms with Gasteiger partial charge in [0.05, 0.1) is 12.1 Å². The summed E-state index contributed by atoms with van der Waals surface area (Å²) in [6.45, 7) is 2.62. The van der Waals surface area contributed by atoms with Crippen molar-refractivity contribution in [3.8, 4) is 0 Å². The molecule has 34 heavy (non-hydrogen) atoms. The number of hydrogen-bond acceptors (Lipinski definition) is 5. The van der Waals surface area contributed by atoms with E-state index in [1.807, 2.05) is 85.8 Å². The third-order valence-electron chi connectivity index (χ3n) is 5.51. The molecule has 1 heterocycles. The lowest BCUT2D eigenvalue weighted by molar-refractivity contribution is -0.127. The van der Waals surface area contributed by atoms with Crippen LogP contribution < -0.4 is 10.2 Å². The lowest BCUT2D eigenvalue weighted by atomic mass is 10.0. The maximum Gasteiger partial charge on any atom is 0.249 e. The quantitative estimate of drug-likeness (QED) is 0.390. The fourth-order valence-corrected chi connectivity index (χ4v) is 3.81. The van der Waals surface area contributed by atoms with Crippen LogP contribution in [0.4, 0.5) is 5.69 Å². The molecule has 1 N–H and O–H groups in total. The summed E-state index contributed by atoms with van der Waals surface area (Å²) in [6.07, 6.45) is 0. The number of aryl methyl sites for hydroxylation is 1. The van der Waals surface area contributed by atoms with Gasteiger partial charge in [-0.3, -0.25) is 14.5 Å². The van der Waals surface area contributed by atoms with Crippen LogP contribution in [0.25, 0.3) is 11.0 Å². The van der Waals surface area contributed by atoms with E-state index in [9.17, 15) is 9.59 Å². The normalized spacial score (nSPS) is 11.8. The van der Waals surface area contributed by atoms with Crippen molar-refractivity contribution in [2.75, 3.05) is 25.2 Å². The third kappa shape index (κ3) is 5.13. The van der Waals surface area contributed by atoms with Gasteiger partial charge in [-0.05, 0) is 36.8 Å². The van der Waals surface area contributed by atoms with Crippen LogP contribution in [0.15, 0.2) is 78.9 Å². The van der Waals surface area contributed by atoms with Crippen molar-refractivity contribution in [3.63, 3.8) is 0 Å². The fraction of sp³-hybridized carbons (Fsp3) is 0.231. The van der Waals surface area contributed by atoms with Crippen molar-refractivity contribution in [2.24, 2.45) is 0 Å². The number of anilines is 1. The summed E-state index contributed by atoms with van der Waals surface area (Å²) in [6, 6.07) is 23.4. The molecule has 0 radical (unpaired) electrons. The third-order valence-corrected chi connectivity index (χ3v) is 5.51. The van der Waals surface area contributed by atoms with Gasteiger partial charge in [-0.1, -0.05) is 65.4 Å². The highest BCUT2D eigenvalue weighted by molar-refractivity contribution is 6.01. The number of benzene rings is 3. The summed E-state index contributed by atoms with van der Waals surface area (Å²) < 4.78 is 6.64. The molecule has 0 bridgehead atoms. The molecule has 0 spiro atoms.